The zero-order valence-electron chi connectivity index (χ0n) is 15.0. The Labute approximate surface area is 168 Å². The van der Waals surface area contributed by atoms with Gasteiger partial charge in [0.2, 0.25) is 15.9 Å². The van der Waals surface area contributed by atoms with Crippen LogP contribution in [0.5, 0.6) is 5.75 Å². The van der Waals surface area contributed by atoms with Gasteiger partial charge in [-0.1, -0.05) is 24.3 Å². The molecule has 2 atom stereocenters. The molecule has 2 aromatic carbocycles. The molecule has 0 radical (unpaired) electrons. The van der Waals surface area contributed by atoms with Gasteiger partial charge in [0.15, 0.2) is 4.75 Å². The predicted molar refractivity (Wildman–Crippen MR) is 109 cm³/mol. The monoisotopic (exact) mass is 418 g/mol. The summed E-state index contributed by atoms with van der Waals surface area (Å²) in [5.74, 6) is -0.0696. The standard InChI is InChI=1S/C20H19ClN2O4S/c1-2-11-27-18-9-5-16(6-10-18)22-19(24)20-12-14(20)13-23(28(20,25)26)17-7-3-15(21)4-8-17/h2-10,14H,1,11-13H2,(H,22,24)/t14-,20-/m0/s1. The second kappa shape index (κ2) is 6.83. The van der Waals surface area contributed by atoms with Gasteiger partial charge in [-0.25, -0.2) is 8.42 Å². The molecule has 1 heterocycles. The maximum absolute atomic E-state index is 13.1. The van der Waals surface area contributed by atoms with E-state index in [0.29, 0.717) is 41.7 Å². The molecule has 6 nitrogen and oxygen atoms in total. The SMILES string of the molecule is C=CCOc1ccc(NC(=O)[C@]23C[C@H]2CN(c2ccc(Cl)cc2)S3(=O)=O)cc1. The molecule has 8 heteroatoms. The summed E-state index contributed by atoms with van der Waals surface area (Å²) < 4.78 is 31.6. The third-order valence-corrected chi connectivity index (χ3v) is 7.96. The highest BCUT2D eigenvalue weighted by molar-refractivity contribution is 7.95. The Morgan fingerprint density at radius 1 is 1.25 bits per heavy atom. The van der Waals surface area contributed by atoms with Crippen molar-refractivity contribution < 1.29 is 17.9 Å². The fraction of sp³-hybridized carbons (Fsp3) is 0.250. The third kappa shape index (κ3) is 2.95. The molecule has 1 amide bonds. The number of fused-ring (bicyclic) bond motifs is 1. The van der Waals surface area contributed by atoms with Crippen LogP contribution in [-0.4, -0.2) is 32.2 Å². The number of rotatable bonds is 6. The highest BCUT2D eigenvalue weighted by Gasteiger charge is 2.75. The number of anilines is 2. The van der Waals surface area contributed by atoms with Crippen molar-refractivity contribution in [3.8, 4) is 5.75 Å². The lowest BCUT2D eigenvalue weighted by atomic mass is 10.2. The molecule has 2 aromatic rings. The van der Waals surface area contributed by atoms with Crippen LogP contribution >= 0.6 is 11.6 Å². The molecule has 4 rings (SSSR count). The molecule has 1 saturated carbocycles. The first-order chi connectivity index (χ1) is 13.4. The van der Waals surface area contributed by atoms with E-state index in [1.807, 2.05) is 0 Å². The van der Waals surface area contributed by atoms with Gasteiger partial charge in [0.1, 0.15) is 12.4 Å². The smallest absolute Gasteiger partial charge is 0.250 e. The number of amides is 1. The van der Waals surface area contributed by atoms with Crippen molar-refractivity contribution in [2.75, 3.05) is 22.8 Å². The number of benzene rings is 2. The van der Waals surface area contributed by atoms with E-state index in [1.165, 1.54) is 4.31 Å². The minimum absolute atomic E-state index is 0.219. The molecule has 2 aliphatic rings. The Balaban J connectivity index is 1.52. The average molecular weight is 419 g/mol. The Morgan fingerprint density at radius 3 is 2.57 bits per heavy atom. The molecule has 1 N–H and O–H groups in total. The van der Waals surface area contributed by atoms with Crippen molar-refractivity contribution in [2.24, 2.45) is 5.92 Å². The average Bonchev–Trinajstić information content (AvgIpc) is 3.37. The van der Waals surface area contributed by atoms with Crippen LogP contribution in [0.4, 0.5) is 11.4 Å². The lowest BCUT2D eigenvalue weighted by molar-refractivity contribution is -0.116. The summed E-state index contributed by atoms with van der Waals surface area (Å²) >= 11 is 5.89. The molecular formula is C20H19ClN2O4S. The lowest BCUT2D eigenvalue weighted by Gasteiger charge is -2.23. The normalized spacial score (nSPS) is 24.3. The molecule has 2 fully saturated rings. The number of sulfonamides is 1. The first-order valence-electron chi connectivity index (χ1n) is 8.81. The third-order valence-electron chi connectivity index (χ3n) is 5.16. The summed E-state index contributed by atoms with van der Waals surface area (Å²) in [6, 6.07) is 13.4. The molecule has 146 valence electrons. The summed E-state index contributed by atoms with van der Waals surface area (Å²) in [5, 5.41) is 3.27. The number of carbonyl (C=O) groups is 1. The summed E-state index contributed by atoms with van der Waals surface area (Å²) in [6.07, 6.45) is 1.98. The van der Waals surface area contributed by atoms with Crippen molar-refractivity contribution in [1.82, 2.24) is 0 Å². The number of hydrogen-bond donors (Lipinski definition) is 1. The summed E-state index contributed by atoms with van der Waals surface area (Å²) in [6.45, 7) is 4.27. The topological polar surface area (TPSA) is 75.7 Å². The van der Waals surface area contributed by atoms with Gasteiger partial charge in [0, 0.05) is 23.2 Å². The van der Waals surface area contributed by atoms with Gasteiger partial charge in [-0.15, -0.1) is 0 Å². The van der Waals surface area contributed by atoms with Crippen molar-refractivity contribution >= 4 is 38.9 Å². The van der Waals surface area contributed by atoms with Crippen molar-refractivity contribution in [2.45, 2.75) is 11.2 Å². The van der Waals surface area contributed by atoms with Gasteiger partial charge in [-0.3, -0.25) is 9.10 Å². The number of ether oxygens (including phenoxy) is 1. The van der Waals surface area contributed by atoms with E-state index >= 15 is 0 Å². The first-order valence-corrected chi connectivity index (χ1v) is 10.6. The second-order valence-electron chi connectivity index (χ2n) is 6.88. The largest absolute Gasteiger partial charge is 0.490 e. The zero-order chi connectivity index (χ0) is 19.9. The van der Waals surface area contributed by atoms with Crippen molar-refractivity contribution in [3.63, 3.8) is 0 Å². The van der Waals surface area contributed by atoms with Crippen LogP contribution in [-0.2, 0) is 14.8 Å². The fourth-order valence-electron chi connectivity index (χ4n) is 3.60. The van der Waals surface area contributed by atoms with Gasteiger partial charge in [0.25, 0.3) is 0 Å². The molecule has 28 heavy (non-hydrogen) atoms. The Hall–Kier alpha value is -2.51. The van der Waals surface area contributed by atoms with Crippen molar-refractivity contribution in [1.29, 1.82) is 0 Å². The van der Waals surface area contributed by atoms with E-state index < -0.39 is 20.7 Å². The number of halogens is 1. The van der Waals surface area contributed by atoms with Gasteiger partial charge < -0.3 is 10.1 Å². The molecular weight excluding hydrogens is 400 g/mol. The van der Waals surface area contributed by atoms with Gasteiger partial charge >= 0.3 is 0 Å². The van der Waals surface area contributed by atoms with Crippen LogP contribution in [0.2, 0.25) is 5.02 Å². The van der Waals surface area contributed by atoms with Crippen LogP contribution in [0.3, 0.4) is 0 Å². The molecule has 0 bridgehead atoms. The molecule has 0 aromatic heterocycles. The van der Waals surface area contributed by atoms with Crippen LogP contribution in [0.25, 0.3) is 0 Å². The number of nitrogens with one attached hydrogen (secondary N) is 1. The molecule has 1 aliphatic carbocycles. The van der Waals surface area contributed by atoms with Gasteiger partial charge in [0.05, 0.1) is 5.69 Å². The molecule has 1 saturated heterocycles. The maximum Gasteiger partial charge on any atom is 0.250 e. The Morgan fingerprint density at radius 2 is 1.93 bits per heavy atom. The van der Waals surface area contributed by atoms with Crippen molar-refractivity contribution in [3.05, 3.63) is 66.2 Å². The van der Waals surface area contributed by atoms with Crippen LogP contribution in [0, 0.1) is 5.92 Å². The van der Waals surface area contributed by atoms with E-state index in [2.05, 4.69) is 11.9 Å². The predicted octanol–water partition coefficient (Wildman–Crippen LogP) is 3.45. The number of carbonyl (C=O) groups excluding carboxylic acids is 1. The van der Waals surface area contributed by atoms with Gasteiger partial charge in [-0.05, 0) is 55.0 Å². The molecule has 0 spiro atoms. The lowest BCUT2D eigenvalue weighted by Crippen LogP contribution is -2.42. The Bertz CT molecular complexity index is 1020. The van der Waals surface area contributed by atoms with Crippen LogP contribution in [0.1, 0.15) is 6.42 Å². The number of hydrogen-bond acceptors (Lipinski definition) is 4. The molecule has 0 unspecified atom stereocenters. The minimum Gasteiger partial charge on any atom is -0.490 e. The van der Waals surface area contributed by atoms with Crippen LogP contribution < -0.4 is 14.4 Å². The Kier molecular flexibility index (Phi) is 4.59. The molecule has 1 aliphatic heterocycles. The zero-order valence-corrected chi connectivity index (χ0v) is 16.5. The first kappa shape index (κ1) is 18.8. The van der Waals surface area contributed by atoms with E-state index in [0.717, 1.165) is 0 Å². The van der Waals surface area contributed by atoms with E-state index in [9.17, 15) is 13.2 Å². The maximum atomic E-state index is 13.1. The summed E-state index contributed by atoms with van der Waals surface area (Å²) in [4.78, 5) is 12.9. The second-order valence-corrected chi connectivity index (χ2v) is 9.44. The summed E-state index contributed by atoms with van der Waals surface area (Å²) in [7, 11) is -3.82. The van der Waals surface area contributed by atoms with Gasteiger partial charge in [-0.2, -0.15) is 0 Å². The highest BCUT2D eigenvalue weighted by Crippen LogP contribution is 2.58. The minimum atomic E-state index is -3.82. The highest BCUT2D eigenvalue weighted by atomic mass is 35.5. The summed E-state index contributed by atoms with van der Waals surface area (Å²) in [5.41, 5.74) is 1.05. The fourth-order valence-corrected chi connectivity index (χ4v) is 6.09. The number of nitrogens with zero attached hydrogens (tertiary/aromatic N) is 1. The quantitative estimate of drug-likeness (QED) is 0.729. The van der Waals surface area contributed by atoms with E-state index in [4.69, 9.17) is 16.3 Å². The van der Waals surface area contributed by atoms with Crippen LogP contribution in [0.15, 0.2) is 61.2 Å². The van der Waals surface area contributed by atoms with E-state index in [1.54, 1.807) is 54.6 Å². The van der Waals surface area contributed by atoms with E-state index in [-0.39, 0.29) is 5.92 Å².